The van der Waals surface area contributed by atoms with Gasteiger partial charge in [-0.15, -0.1) is 0 Å². The number of nitrogens with zero attached hydrogens (tertiary/aromatic N) is 2. The van der Waals surface area contributed by atoms with Gasteiger partial charge in [-0.2, -0.15) is 0 Å². The van der Waals surface area contributed by atoms with E-state index in [2.05, 4.69) is 15.3 Å². The van der Waals surface area contributed by atoms with Gasteiger partial charge < -0.3 is 5.32 Å². The molecule has 0 aliphatic carbocycles. The molecule has 3 aromatic rings. The monoisotopic (exact) mass is 347 g/mol. The van der Waals surface area contributed by atoms with Crippen molar-refractivity contribution in [2.75, 3.05) is 5.32 Å². The van der Waals surface area contributed by atoms with Crippen LogP contribution in [0.5, 0.6) is 0 Å². The fourth-order valence-corrected chi connectivity index (χ4v) is 2.42. The van der Waals surface area contributed by atoms with E-state index in [0.717, 1.165) is 22.4 Å². The van der Waals surface area contributed by atoms with Crippen LogP contribution in [0, 0.1) is 5.82 Å². The zero-order valence-electron chi connectivity index (χ0n) is 11.9. The fraction of sp³-hybridized carbons (Fsp3) is 0.0588. The quantitative estimate of drug-likeness (QED) is 0.659. The summed E-state index contributed by atoms with van der Waals surface area (Å²) in [4.78, 5) is 8.18. The summed E-state index contributed by atoms with van der Waals surface area (Å²) >= 11 is 11.6. The third kappa shape index (κ3) is 3.97. The maximum absolute atomic E-state index is 13.4. The van der Waals surface area contributed by atoms with Crippen molar-refractivity contribution >= 4 is 28.9 Å². The third-order valence-corrected chi connectivity index (χ3v) is 3.79. The Morgan fingerprint density at radius 1 is 1.00 bits per heavy atom. The van der Waals surface area contributed by atoms with Crippen molar-refractivity contribution in [3.8, 4) is 11.1 Å². The van der Waals surface area contributed by atoms with Crippen molar-refractivity contribution in [3.63, 3.8) is 0 Å². The second-order valence-corrected chi connectivity index (χ2v) is 5.73. The van der Waals surface area contributed by atoms with Crippen LogP contribution in [-0.2, 0) is 6.54 Å². The Labute approximate surface area is 143 Å². The summed E-state index contributed by atoms with van der Waals surface area (Å²) in [6.45, 7) is 0.469. The van der Waals surface area contributed by atoms with E-state index in [0.29, 0.717) is 11.7 Å². The van der Waals surface area contributed by atoms with Crippen LogP contribution in [0.1, 0.15) is 5.56 Å². The van der Waals surface area contributed by atoms with E-state index in [1.807, 2.05) is 12.1 Å². The Kier molecular flexibility index (Phi) is 4.74. The molecule has 0 aliphatic heterocycles. The largest absolute Gasteiger partial charge is 0.380 e. The number of halogens is 3. The molecule has 3 nitrogen and oxygen atoms in total. The lowest BCUT2D eigenvalue weighted by atomic mass is 10.1. The summed E-state index contributed by atoms with van der Waals surface area (Å²) < 4.78 is 13.4. The highest BCUT2D eigenvalue weighted by molar-refractivity contribution is 6.30. The number of hydrogen-bond donors (Lipinski definition) is 1. The number of aromatic nitrogens is 2. The minimum atomic E-state index is -0.427. The molecule has 6 heteroatoms. The van der Waals surface area contributed by atoms with Gasteiger partial charge in [0.2, 0.25) is 0 Å². The smallest absolute Gasteiger partial charge is 0.142 e. The average molecular weight is 348 g/mol. The Morgan fingerprint density at radius 3 is 2.65 bits per heavy atom. The Morgan fingerprint density at radius 2 is 1.87 bits per heavy atom. The number of rotatable bonds is 4. The van der Waals surface area contributed by atoms with Crippen LogP contribution < -0.4 is 5.32 Å². The van der Waals surface area contributed by atoms with Gasteiger partial charge in [0.25, 0.3) is 0 Å². The van der Waals surface area contributed by atoms with E-state index in [1.165, 1.54) is 6.07 Å². The summed E-state index contributed by atoms with van der Waals surface area (Å²) in [6, 6.07) is 10.3. The number of pyridine rings is 2. The zero-order valence-corrected chi connectivity index (χ0v) is 13.4. The number of nitrogens with one attached hydrogen (secondary N) is 1. The Balaban J connectivity index is 1.76. The highest BCUT2D eigenvalue weighted by Gasteiger charge is 2.04. The van der Waals surface area contributed by atoms with Crippen LogP contribution >= 0.6 is 23.2 Å². The minimum absolute atomic E-state index is 0.118. The van der Waals surface area contributed by atoms with E-state index >= 15 is 0 Å². The SMILES string of the molecule is Fc1cc(CNc2cncc(-c3ccnc(Cl)c3)c2)ccc1Cl. The van der Waals surface area contributed by atoms with E-state index < -0.39 is 5.82 Å². The van der Waals surface area contributed by atoms with Crippen LogP contribution in [-0.4, -0.2) is 9.97 Å². The average Bonchev–Trinajstić information content (AvgIpc) is 2.56. The van der Waals surface area contributed by atoms with Crippen molar-refractivity contribution < 1.29 is 4.39 Å². The predicted octanol–water partition coefficient (Wildman–Crippen LogP) is 5.20. The van der Waals surface area contributed by atoms with Crippen LogP contribution in [0.2, 0.25) is 10.2 Å². The van der Waals surface area contributed by atoms with Gasteiger partial charge in [-0.05, 0) is 41.5 Å². The van der Waals surface area contributed by atoms with Gasteiger partial charge in [0.1, 0.15) is 11.0 Å². The molecule has 0 unspecified atom stereocenters. The van der Waals surface area contributed by atoms with Crippen LogP contribution in [0.15, 0.2) is 55.0 Å². The normalized spacial score (nSPS) is 10.6. The van der Waals surface area contributed by atoms with Crippen LogP contribution in [0.25, 0.3) is 11.1 Å². The topological polar surface area (TPSA) is 37.8 Å². The molecule has 23 heavy (non-hydrogen) atoms. The molecule has 0 saturated heterocycles. The van der Waals surface area contributed by atoms with E-state index in [1.54, 1.807) is 36.8 Å². The minimum Gasteiger partial charge on any atom is -0.380 e. The molecular formula is C17H12Cl2FN3. The Hall–Kier alpha value is -2.17. The van der Waals surface area contributed by atoms with Crippen molar-refractivity contribution in [2.45, 2.75) is 6.54 Å². The molecule has 3 rings (SSSR count). The highest BCUT2D eigenvalue weighted by Crippen LogP contribution is 2.23. The zero-order chi connectivity index (χ0) is 16.2. The molecule has 116 valence electrons. The molecular weight excluding hydrogens is 336 g/mol. The summed E-state index contributed by atoms with van der Waals surface area (Å²) in [5.41, 5.74) is 3.47. The van der Waals surface area contributed by atoms with E-state index in [-0.39, 0.29) is 5.02 Å². The molecule has 0 bridgehead atoms. The Bertz CT molecular complexity index is 840. The molecule has 0 aliphatic rings. The van der Waals surface area contributed by atoms with Gasteiger partial charge >= 0.3 is 0 Å². The molecule has 2 aromatic heterocycles. The van der Waals surface area contributed by atoms with Gasteiger partial charge in [0.05, 0.1) is 10.7 Å². The number of benzene rings is 1. The summed E-state index contributed by atoms with van der Waals surface area (Å²) in [7, 11) is 0. The lowest BCUT2D eigenvalue weighted by Crippen LogP contribution is -2.00. The maximum atomic E-state index is 13.4. The molecule has 0 radical (unpaired) electrons. The van der Waals surface area contributed by atoms with E-state index in [9.17, 15) is 4.39 Å². The number of anilines is 1. The van der Waals surface area contributed by atoms with Crippen molar-refractivity contribution in [2.24, 2.45) is 0 Å². The molecule has 1 aromatic carbocycles. The molecule has 0 amide bonds. The van der Waals surface area contributed by atoms with Gasteiger partial charge in [0.15, 0.2) is 0 Å². The van der Waals surface area contributed by atoms with Crippen molar-refractivity contribution in [1.29, 1.82) is 0 Å². The van der Waals surface area contributed by atoms with Gasteiger partial charge in [0, 0.05) is 30.7 Å². The third-order valence-electron chi connectivity index (χ3n) is 3.28. The van der Waals surface area contributed by atoms with Crippen molar-refractivity contribution in [3.05, 3.63) is 76.5 Å². The lowest BCUT2D eigenvalue weighted by Gasteiger charge is -2.09. The fourth-order valence-electron chi connectivity index (χ4n) is 2.13. The summed E-state index contributed by atoms with van der Waals surface area (Å²) in [5.74, 6) is -0.427. The summed E-state index contributed by atoms with van der Waals surface area (Å²) in [5, 5.41) is 3.76. The first-order chi connectivity index (χ1) is 11.1. The first-order valence-corrected chi connectivity index (χ1v) is 7.62. The molecule has 1 N–H and O–H groups in total. The van der Waals surface area contributed by atoms with Gasteiger partial charge in [-0.25, -0.2) is 9.37 Å². The lowest BCUT2D eigenvalue weighted by molar-refractivity contribution is 0.626. The molecule has 0 spiro atoms. The number of hydrogen-bond acceptors (Lipinski definition) is 3. The molecule has 0 atom stereocenters. The van der Waals surface area contributed by atoms with Gasteiger partial charge in [-0.1, -0.05) is 29.3 Å². The van der Waals surface area contributed by atoms with E-state index in [4.69, 9.17) is 23.2 Å². The first-order valence-electron chi connectivity index (χ1n) is 6.86. The first kappa shape index (κ1) is 15.7. The highest BCUT2D eigenvalue weighted by atomic mass is 35.5. The van der Waals surface area contributed by atoms with Crippen LogP contribution in [0.4, 0.5) is 10.1 Å². The maximum Gasteiger partial charge on any atom is 0.142 e. The molecule has 0 saturated carbocycles. The summed E-state index contributed by atoms with van der Waals surface area (Å²) in [6.07, 6.45) is 5.10. The van der Waals surface area contributed by atoms with Gasteiger partial charge in [-0.3, -0.25) is 4.98 Å². The second kappa shape index (κ2) is 6.94. The van der Waals surface area contributed by atoms with Crippen molar-refractivity contribution in [1.82, 2.24) is 9.97 Å². The molecule has 2 heterocycles. The second-order valence-electron chi connectivity index (χ2n) is 4.93. The standard InChI is InChI=1S/C17H12Cl2FN3/c18-15-2-1-11(5-16(15)20)8-23-14-6-13(9-21-10-14)12-3-4-22-17(19)7-12/h1-7,9-10,23H,8H2. The molecule has 0 fully saturated rings. The van der Waals surface area contributed by atoms with Crippen LogP contribution in [0.3, 0.4) is 0 Å². The predicted molar refractivity (Wildman–Crippen MR) is 91.2 cm³/mol.